The van der Waals surface area contributed by atoms with Gasteiger partial charge in [0.1, 0.15) is 5.82 Å². The molecule has 3 unspecified atom stereocenters. The Morgan fingerprint density at radius 3 is 2.52 bits per heavy atom. The van der Waals surface area contributed by atoms with Gasteiger partial charge < -0.3 is 5.11 Å². The molecule has 0 heterocycles. The molecule has 1 nitrogen and oxygen atoms in total. The van der Waals surface area contributed by atoms with Gasteiger partial charge in [-0.2, -0.15) is 13.2 Å². The third-order valence-corrected chi connectivity index (χ3v) is 4.54. The number of benzene rings is 1. The molecule has 1 aliphatic carbocycles. The zero-order valence-electron chi connectivity index (χ0n) is 12.0. The van der Waals surface area contributed by atoms with Crippen LogP contribution in [0.5, 0.6) is 0 Å². The minimum atomic E-state index is -4.66. The average molecular weight is 304 g/mol. The van der Waals surface area contributed by atoms with Crippen molar-refractivity contribution in [2.45, 2.75) is 51.3 Å². The van der Waals surface area contributed by atoms with Crippen LogP contribution < -0.4 is 0 Å². The van der Waals surface area contributed by atoms with Crippen LogP contribution in [0.2, 0.25) is 0 Å². The van der Waals surface area contributed by atoms with E-state index in [2.05, 4.69) is 0 Å². The van der Waals surface area contributed by atoms with E-state index >= 15 is 0 Å². The molecule has 0 spiro atoms. The van der Waals surface area contributed by atoms with Crippen molar-refractivity contribution in [2.75, 3.05) is 0 Å². The second-order valence-electron chi connectivity index (χ2n) is 5.79. The van der Waals surface area contributed by atoms with Gasteiger partial charge >= 0.3 is 6.18 Å². The van der Waals surface area contributed by atoms with Crippen LogP contribution in [-0.2, 0) is 6.18 Å². The molecule has 3 atom stereocenters. The summed E-state index contributed by atoms with van der Waals surface area (Å²) in [6.45, 7) is 1.99. The molecule has 1 aliphatic rings. The monoisotopic (exact) mass is 304 g/mol. The number of hydrogen-bond donors (Lipinski definition) is 1. The Morgan fingerprint density at radius 2 is 1.90 bits per heavy atom. The summed E-state index contributed by atoms with van der Waals surface area (Å²) in [5.41, 5.74) is -1.26. The van der Waals surface area contributed by atoms with Crippen LogP contribution in [0.15, 0.2) is 18.2 Å². The SMILES string of the molecule is CCC1CCCCC1C(O)c1ccc(F)cc1C(F)(F)F. The van der Waals surface area contributed by atoms with Gasteiger partial charge in [-0.25, -0.2) is 4.39 Å². The first kappa shape index (κ1) is 16.3. The highest BCUT2D eigenvalue weighted by atomic mass is 19.4. The summed E-state index contributed by atoms with van der Waals surface area (Å²) in [5.74, 6) is -0.899. The lowest BCUT2D eigenvalue weighted by Crippen LogP contribution is -2.27. The van der Waals surface area contributed by atoms with Crippen LogP contribution in [0.4, 0.5) is 17.6 Å². The molecule has 0 aliphatic heterocycles. The van der Waals surface area contributed by atoms with Crippen molar-refractivity contribution in [3.8, 4) is 0 Å². The minimum absolute atomic E-state index is 0.185. The maximum absolute atomic E-state index is 13.1. The van der Waals surface area contributed by atoms with E-state index in [1.165, 1.54) is 0 Å². The van der Waals surface area contributed by atoms with Crippen molar-refractivity contribution < 1.29 is 22.7 Å². The summed E-state index contributed by atoms with van der Waals surface area (Å²) in [7, 11) is 0. The lowest BCUT2D eigenvalue weighted by Gasteiger charge is -2.35. The molecule has 1 aromatic carbocycles. The third kappa shape index (κ3) is 3.57. The topological polar surface area (TPSA) is 20.2 Å². The molecule has 0 saturated heterocycles. The molecule has 0 radical (unpaired) electrons. The fraction of sp³-hybridized carbons (Fsp3) is 0.625. The summed E-state index contributed by atoms with van der Waals surface area (Å²) in [6, 6.07) is 2.53. The number of aliphatic hydroxyl groups is 1. The maximum Gasteiger partial charge on any atom is 0.416 e. The van der Waals surface area contributed by atoms with Gasteiger partial charge in [-0.15, -0.1) is 0 Å². The van der Waals surface area contributed by atoms with Gasteiger partial charge in [0.25, 0.3) is 0 Å². The number of hydrogen-bond acceptors (Lipinski definition) is 1. The van der Waals surface area contributed by atoms with E-state index in [1.807, 2.05) is 6.92 Å². The zero-order chi connectivity index (χ0) is 15.6. The predicted molar refractivity (Wildman–Crippen MR) is 72.1 cm³/mol. The van der Waals surface area contributed by atoms with Gasteiger partial charge in [0.15, 0.2) is 0 Å². The number of halogens is 4. The second kappa shape index (κ2) is 6.34. The average Bonchev–Trinajstić information content (AvgIpc) is 2.45. The zero-order valence-corrected chi connectivity index (χ0v) is 12.0. The number of aliphatic hydroxyl groups excluding tert-OH is 1. The predicted octanol–water partition coefficient (Wildman–Crippen LogP) is 5.09. The van der Waals surface area contributed by atoms with Crippen molar-refractivity contribution >= 4 is 0 Å². The Morgan fingerprint density at radius 1 is 1.24 bits per heavy atom. The lowest BCUT2D eigenvalue weighted by molar-refractivity contribution is -0.140. The van der Waals surface area contributed by atoms with E-state index in [9.17, 15) is 22.7 Å². The van der Waals surface area contributed by atoms with E-state index in [0.717, 1.165) is 37.8 Å². The van der Waals surface area contributed by atoms with Crippen molar-refractivity contribution in [2.24, 2.45) is 11.8 Å². The standard InChI is InChI=1S/C16H20F4O/c1-2-10-5-3-4-6-12(10)15(21)13-8-7-11(17)9-14(13)16(18,19)20/h7-10,12,15,21H,2-6H2,1H3. The summed E-state index contributed by atoms with van der Waals surface area (Å²) in [5, 5.41) is 10.5. The molecule has 1 aromatic rings. The van der Waals surface area contributed by atoms with Crippen molar-refractivity contribution in [3.05, 3.63) is 35.1 Å². The van der Waals surface area contributed by atoms with E-state index < -0.39 is 23.7 Å². The Hall–Kier alpha value is -1.10. The van der Waals surface area contributed by atoms with Crippen LogP contribution in [0.3, 0.4) is 0 Å². The fourth-order valence-corrected chi connectivity index (χ4v) is 3.42. The Labute approximate surface area is 122 Å². The summed E-state index contributed by atoms with van der Waals surface area (Å²) in [6.07, 6.45) is -1.39. The van der Waals surface area contributed by atoms with E-state index in [4.69, 9.17) is 0 Å². The van der Waals surface area contributed by atoms with Gasteiger partial charge in [0.05, 0.1) is 11.7 Å². The smallest absolute Gasteiger partial charge is 0.388 e. The van der Waals surface area contributed by atoms with E-state index in [0.29, 0.717) is 12.5 Å². The summed E-state index contributed by atoms with van der Waals surface area (Å²) in [4.78, 5) is 0. The Kier molecular flexibility index (Phi) is 4.91. The second-order valence-corrected chi connectivity index (χ2v) is 5.79. The summed E-state index contributed by atoms with van der Waals surface area (Å²) >= 11 is 0. The van der Waals surface area contributed by atoms with Crippen LogP contribution >= 0.6 is 0 Å². The molecule has 0 bridgehead atoms. The first-order valence-corrected chi connectivity index (χ1v) is 7.39. The van der Waals surface area contributed by atoms with Gasteiger partial charge in [-0.3, -0.25) is 0 Å². The quantitative estimate of drug-likeness (QED) is 0.771. The molecule has 118 valence electrons. The van der Waals surface area contributed by atoms with Crippen LogP contribution in [0.1, 0.15) is 56.3 Å². The maximum atomic E-state index is 13.1. The number of rotatable bonds is 3. The first-order valence-electron chi connectivity index (χ1n) is 7.39. The molecule has 1 saturated carbocycles. The molecular formula is C16H20F4O. The molecule has 0 amide bonds. The molecule has 2 rings (SSSR count). The van der Waals surface area contributed by atoms with E-state index in [1.54, 1.807) is 0 Å². The molecule has 5 heteroatoms. The van der Waals surface area contributed by atoms with Gasteiger partial charge in [0, 0.05) is 0 Å². The molecule has 0 aromatic heterocycles. The molecule has 21 heavy (non-hydrogen) atoms. The van der Waals surface area contributed by atoms with Crippen molar-refractivity contribution in [1.82, 2.24) is 0 Å². The van der Waals surface area contributed by atoms with Gasteiger partial charge in [-0.05, 0) is 36.0 Å². The van der Waals surface area contributed by atoms with E-state index in [-0.39, 0.29) is 17.4 Å². The fourth-order valence-electron chi connectivity index (χ4n) is 3.42. The minimum Gasteiger partial charge on any atom is -0.388 e. The third-order valence-electron chi connectivity index (χ3n) is 4.54. The van der Waals surface area contributed by atoms with Crippen molar-refractivity contribution in [1.29, 1.82) is 0 Å². The van der Waals surface area contributed by atoms with Gasteiger partial charge in [0.2, 0.25) is 0 Å². The first-order chi connectivity index (χ1) is 9.84. The van der Waals surface area contributed by atoms with Crippen LogP contribution in [0, 0.1) is 17.7 Å². The highest BCUT2D eigenvalue weighted by molar-refractivity contribution is 5.32. The molecule has 1 fully saturated rings. The van der Waals surface area contributed by atoms with Crippen molar-refractivity contribution in [3.63, 3.8) is 0 Å². The van der Waals surface area contributed by atoms with Crippen LogP contribution in [-0.4, -0.2) is 5.11 Å². The highest BCUT2D eigenvalue weighted by Gasteiger charge is 2.39. The lowest BCUT2D eigenvalue weighted by atomic mass is 9.73. The molecule has 1 N–H and O–H groups in total. The van der Waals surface area contributed by atoms with Crippen LogP contribution in [0.25, 0.3) is 0 Å². The highest BCUT2D eigenvalue weighted by Crippen LogP contribution is 2.43. The van der Waals surface area contributed by atoms with Gasteiger partial charge in [-0.1, -0.05) is 38.7 Å². The molecular weight excluding hydrogens is 284 g/mol. The Balaban J connectivity index is 2.36. The summed E-state index contributed by atoms with van der Waals surface area (Å²) < 4.78 is 52.3. The normalized spacial score (nSPS) is 24.9. The largest absolute Gasteiger partial charge is 0.416 e. The number of alkyl halides is 3. The Bertz CT molecular complexity index is 484.